The molecule has 1 aromatic heterocycles. The van der Waals surface area contributed by atoms with Crippen LogP contribution in [0.4, 0.5) is 0 Å². The second-order valence-corrected chi connectivity index (χ2v) is 4.15. The monoisotopic (exact) mass is 263 g/mol. The van der Waals surface area contributed by atoms with Gasteiger partial charge in [-0.05, 0) is 31.0 Å². The average molecular weight is 263 g/mol. The van der Waals surface area contributed by atoms with Crippen LogP contribution in [0.15, 0.2) is 68.0 Å². The number of nitrogens with zero attached hydrogens (tertiary/aromatic N) is 1. The van der Waals surface area contributed by atoms with E-state index in [9.17, 15) is 0 Å². The SMILES string of the molecule is C=C/C=C\C(=C/C=C)c1cc(/C=C\C)c(/C=C\C)cn1. The lowest BCUT2D eigenvalue weighted by molar-refractivity contribution is 1.26. The number of hydrogen-bond acceptors (Lipinski definition) is 1. The molecule has 0 spiro atoms. The highest BCUT2D eigenvalue weighted by Crippen LogP contribution is 2.20. The summed E-state index contributed by atoms with van der Waals surface area (Å²) < 4.78 is 0. The van der Waals surface area contributed by atoms with E-state index in [1.54, 1.807) is 12.2 Å². The van der Waals surface area contributed by atoms with Gasteiger partial charge in [0.15, 0.2) is 0 Å². The van der Waals surface area contributed by atoms with Crippen LogP contribution in [0.1, 0.15) is 30.7 Å². The quantitative estimate of drug-likeness (QED) is 0.621. The summed E-state index contributed by atoms with van der Waals surface area (Å²) in [6.07, 6.45) is 19.4. The van der Waals surface area contributed by atoms with E-state index >= 15 is 0 Å². The summed E-state index contributed by atoms with van der Waals surface area (Å²) in [4.78, 5) is 4.53. The Bertz CT molecular complexity index is 584. The van der Waals surface area contributed by atoms with E-state index < -0.39 is 0 Å². The molecule has 0 fully saturated rings. The summed E-state index contributed by atoms with van der Waals surface area (Å²) in [6, 6.07) is 2.08. The van der Waals surface area contributed by atoms with Crippen LogP contribution in [0.2, 0.25) is 0 Å². The molecule has 0 aliphatic carbocycles. The third-order valence-electron chi connectivity index (χ3n) is 2.67. The van der Waals surface area contributed by atoms with Crippen molar-refractivity contribution in [3.05, 3.63) is 84.8 Å². The maximum Gasteiger partial charge on any atom is 0.0708 e. The van der Waals surface area contributed by atoms with E-state index in [1.165, 1.54) is 0 Å². The molecular weight excluding hydrogens is 242 g/mol. The summed E-state index contributed by atoms with van der Waals surface area (Å²) in [5, 5.41) is 0. The normalized spacial score (nSPS) is 12.6. The Morgan fingerprint density at radius 2 is 1.75 bits per heavy atom. The summed E-state index contributed by atoms with van der Waals surface area (Å²) in [5.41, 5.74) is 4.19. The minimum absolute atomic E-state index is 0.921. The van der Waals surface area contributed by atoms with Crippen LogP contribution in [0.25, 0.3) is 17.7 Å². The Labute approximate surface area is 122 Å². The highest BCUT2D eigenvalue weighted by atomic mass is 14.7. The van der Waals surface area contributed by atoms with Crippen LogP contribution in [-0.2, 0) is 0 Å². The average Bonchev–Trinajstić information content (AvgIpc) is 2.46. The molecule has 0 saturated heterocycles. The molecule has 0 unspecified atom stereocenters. The molecule has 0 radical (unpaired) electrons. The minimum Gasteiger partial charge on any atom is -0.256 e. The Morgan fingerprint density at radius 3 is 2.35 bits per heavy atom. The second kappa shape index (κ2) is 8.65. The Hall–Kier alpha value is -2.41. The molecule has 0 amide bonds. The predicted octanol–water partition coefficient (Wildman–Crippen LogP) is 5.46. The molecule has 1 rings (SSSR count). The third-order valence-corrected chi connectivity index (χ3v) is 2.67. The van der Waals surface area contributed by atoms with Crippen LogP contribution in [0, 0.1) is 0 Å². The van der Waals surface area contributed by atoms with Crippen molar-refractivity contribution in [2.75, 3.05) is 0 Å². The third kappa shape index (κ3) is 4.36. The number of hydrogen-bond donors (Lipinski definition) is 0. The lowest BCUT2D eigenvalue weighted by Gasteiger charge is -2.06. The van der Waals surface area contributed by atoms with E-state index in [1.807, 2.05) is 50.4 Å². The number of aromatic nitrogens is 1. The van der Waals surface area contributed by atoms with Crippen molar-refractivity contribution in [2.24, 2.45) is 0 Å². The van der Waals surface area contributed by atoms with Crippen LogP contribution in [-0.4, -0.2) is 4.98 Å². The van der Waals surface area contributed by atoms with E-state index in [0.717, 1.165) is 22.4 Å². The van der Waals surface area contributed by atoms with E-state index in [0.29, 0.717) is 0 Å². The van der Waals surface area contributed by atoms with E-state index in [4.69, 9.17) is 0 Å². The summed E-state index contributed by atoms with van der Waals surface area (Å²) in [6.45, 7) is 11.5. The van der Waals surface area contributed by atoms with Gasteiger partial charge in [-0.2, -0.15) is 0 Å². The zero-order valence-corrected chi connectivity index (χ0v) is 12.2. The molecule has 20 heavy (non-hydrogen) atoms. The Balaban J connectivity index is 3.34. The molecule has 0 aromatic carbocycles. The van der Waals surface area contributed by atoms with Crippen LogP contribution in [0.3, 0.4) is 0 Å². The molecule has 1 aromatic rings. The van der Waals surface area contributed by atoms with Crippen molar-refractivity contribution >= 4 is 17.7 Å². The van der Waals surface area contributed by atoms with Gasteiger partial charge in [0.2, 0.25) is 0 Å². The van der Waals surface area contributed by atoms with Crippen molar-refractivity contribution in [3.8, 4) is 0 Å². The molecular formula is C19H21N. The van der Waals surface area contributed by atoms with Gasteiger partial charge in [0.1, 0.15) is 0 Å². The largest absolute Gasteiger partial charge is 0.256 e. The molecule has 102 valence electrons. The van der Waals surface area contributed by atoms with Gasteiger partial charge in [0.25, 0.3) is 0 Å². The molecule has 0 atom stereocenters. The first-order valence-electron chi connectivity index (χ1n) is 6.64. The van der Waals surface area contributed by atoms with Crippen molar-refractivity contribution in [1.29, 1.82) is 0 Å². The van der Waals surface area contributed by atoms with Crippen LogP contribution >= 0.6 is 0 Å². The zero-order valence-electron chi connectivity index (χ0n) is 12.2. The van der Waals surface area contributed by atoms with E-state index in [-0.39, 0.29) is 0 Å². The van der Waals surface area contributed by atoms with Crippen LogP contribution in [0.5, 0.6) is 0 Å². The van der Waals surface area contributed by atoms with Crippen molar-refractivity contribution in [2.45, 2.75) is 13.8 Å². The maximum atomic E-state index is 4.53. The molecule has 0 saturated carbocycles. The first-order valence-corrected chi connectivity index (χ1v) is 6.64. The van der Waals surface area contributed by atoms with E-state index in [2.05, 4.69) is 36.4 Å². The van der Waals surface area contributed by atoms with Crippen LogP contribution < -0.4 is 0 Å². The highest BCUT2D eigenvalue weighted by molar-refractivity contribution is 5.76. The maximum absolute atomic E-state index is 4.53. The lowest BCUT2D eigenvalue weighted by atomic mass is 10.0. The predicted molar refractivity (Wildman–Crippen MR) is 91.2 cm³/mol. The first-order chi connectivity index (χ1) is 9.76. The summed E-state index contributed by atoms with van der Waals surface area (Å²) >= 11 is 0. The van der Waals surface area contributed by atoms with Crippen molar-refractivity contribution in [1.82, 2.24) is 4.98 Å². The second-order valence-electron chi connectivity index (χ2n) is 4.15. The first kappa shape index (κ1) is 15.6. The number of allylic oxidation sites excluding steroid dienone is 8. The summed E-state index contributed by atoms with van der Waals surface area (Å²) in [5.74, 6) is 0. The Kier molecular flexibility index (Phi) is 6.77. The lowest BCUT2D eigenvalue weighted by Crippen LogP contribution is -1.91. The van der Waals surface area contributed by atoms with Gasteiger partial charge in [0, 0.05) is 11.8 Å². The van der Waals surface area contributed by atoms with Gasteiger partial charge < -0.3 is 0 Å². The van der Waals surface area contributed by atoms with Crippen molar-refractivity contribution in [3.63, 3.8) is 0 Å². The fourth-order valence-electron chi connectivity index (χ4n) is 1.81. The zero-order chi connectivity index (χ0) is 14.8. The standard InChI is InChI=1S/C19H21N/c1-5-9-13-16(10-6-2)19-14-17(11-7-3)18(12-8-4)15-20-19/h5-15H,1-2H2,3-4H3/b11-7-,12-8-,13-9-,16-10+. The highest BCUT2D eigenvalue weighted by Gasteiger charge is 2.03. The van der Waals surface area contributed by atoms with Gasteiger partial charge in [-0.3, -0.25) is 4.98 Å². The fraction of sp³-hybridized carbons (Fsp3) is 0.105. The topological polar surface area (TPSA) is 12.9 Å². The molecule has 1 heterocycles. The van der Waals surface area contributed by atoms with Gasteiger partial charge in [-0.25, -0.2) is 0 Å². The molecule has 0 aliphatic rings. The molecule has 1 heteroatoms. The van der Waals surface area contributed by atoms with Gasteiger partial charge >= 0.3 is 0 Å². The van der Waals surface area contributed by atoms with Crippen molar-refractivity contribution < 1.29 is 0 Å². The number of pyridine rings is 1. The fourth-order valence-corrected chi connectivity index (χ4v) is 1.81. The number of rotatable bonds is 6. The summed E-state index contributed by atoms with van der Waals surface area (Å²) in [7, 11) is 0. The van der Waals surface area contributed by atoms with Gasteiger partial charge in [0.05, 0.1) is 5.69 Å². The van der Waals surface area contributed by atoms with Gasteiger partial charge in [-0.15, -0.1) is 0 Å². The smallest absolute Gasteiger partial charge is 0.0708 e. The van der Waals surface area contributed by atoms with Gasteiger partial charge in [-0.1, -0.05) is 67.8 Å². The molecule has 0 bridgehead atoms. The Morgan fingerprint density at radius 1 is 1.05 bits per heavy atom. The molecule has 0 N–H and O–H groups in total. The molecule has 0 aliphatic heterocycles. The minimum atomic E-state index is 0.921. The molecule has 1 nitrogen and oxygen atoms in total.